The molecule has 116 valence electrons. The lowest BCUT2D eigenvalue weighted by molar-refractivity contribution is 0.101. The van der Waals surface area contributed by atoms with Crippen LogP contribution in [0.3, 0.4) is 0 Å². The van der Waals surface area contributed by atoms with Crippen molar-refractivity contribution in [1.29, 1.82) is 0 Å². The predicted octanol–water partition coefficient (Wildman–Crippen LogP) is 2.37. The number of ether oxygens (including phenoxy) is 1. The monoisotopic (exact) mass is 318 g/mol. The van der Waals surface area contributed by atoms with Gasteiger partial charge < -0.3 is 4.74 Å². The van der Waals surface area contributed by atoms with Gasteiger partial charge in [0.15, 0.2) is 27.2 Å². The lowest BCUT2D eigenvalue weighted by Gasteiger charge is -2.09. The Hall–Kier alpha value is -1.50. The van der Waals surface area contributed by atoms with Crippen LogP contribution in [0.5, 0.6) is 5.75 Å². The van der Waals surface area contributed by atoms with Gasteiger partial charge in [-0.3, -0.25) is 4.79 Å². The summed E-state index contributed by atoms with van der Waals surface area (Å²) in [6.45, 7) is 0.289. The normalized spacial score (nSPS) is 15.0. The van der Waals surface area contributed by atoms with Crippen LogP contribution in [-0.4, -0.2) is 32.8 Å². The van der Waals surface area contributed by atoms with Crippen molar-refractivity contribution in [3.8, 4) is 5.75 Å². The third kappa shape index (κ3) is 4.77. The van der Waals surface area contributed by atoms with Crippen LogP contribution in [0.1, 0.15) is 29.6 Å². The standard InChI is InChI=1S/C14H16F2O4S/c1-21(18,19)8-13(17)10-6-12(16)14(7-11(10)15)20-5-4-9-2-3-9/h6-7,9H,2-5,8H2,1H3. The Kier molecular flexibility index (Phi) is 4.61. The van der Waals surface area contributed by atoms with Crippen molar-refractivity contribution in [2.45, 2.75) is 19.3 Å². The largest absolute Gasteiger partial charge is 0.490 e. The Bertz CT molecular complexity index is 651. The molecule has 0 spiro atoms. The summed E-state index contributed by atoms with van der Waals surface area (Å²) in [5.74, 6) is -3.34. The lowest BCUT2D eigenvalue weighted by atomic mass is 10.1. The zero-order valence-corrected chi connectivity index (χ0v) is 12.4. The summed E-state index contributed by atoms with van der Waals surface area (Å²) in [5, 5.41) is 0. The Morgan fingerprint density at radius 1 is 1.29 bits per heavy atom. The van der Waals surface area contributed by atoms with Crippen molar-refractivity contribution in [2.24, 2.45) is 5.92 Å². The van der Waals surface area contributed by atoms with E-state index in [9.17, 15) is 22.0 Å². The molecule has 0 saturated heterocycles. The fraction of sp³-hybridized carbons (Fsp3) is 0.500. The van der Waals surface area contributed by atoms with Gasteiger partial charge in [-0.2, -0.15) is 0 Å². The maximum absolute atomic E-state index is 13.8. The number of halogens is 2. The molecule has 1 aliphatic rings. The second-order valence-electron chi connectivity index (χ2n) is 5.34. The zero-order valence-electron chi connectivity index (χ0n) is 11.6. The zero-order chi connectivity index (χ0) is 15.6. The van der Waals surface area contributed by atoms with E-state index in [1.165, 1.54) is 0 Å². The van der Waals surface area contributed by atoms with Crippen molar-refractivity contribution in [3.05, 3.63) is 29.3 Å². The summed E-state index contributed by atoms with van der Waals surface area (Å²) < 4.78 is 54.8. The molecule has 0 atom stereocenters. The molecule has 0 amide bonds. The molecule has 1 aromatic rings. The fourth-order valence-corrected chi connectivity index (χ4v) is 2.54. The summed E-state index contributed by atoms with van der Waals surface area (Å²) in [4.78, 5) is 11.6. The van der Waals surface area contributed by atoms with Gasteiger partial charge in [-0.15, -0.1) is 0 Å². The highest BCUT2D eigenvalue weighted by atomic mass is 32.2. The van der Waals surface area contributed by atoms with Gasteiger partial charge in [0, 0.05) is 12.3 Å². The first-order valence-corrected chi connectivity index (χ1v) is 8.65. The highest BCUT2D eigenvalue weighted by molar-refractivity contribution is 7.91. The molecule has 0 heterocycles. The molecule has 2 rings (SSSR count). The van der Waals surface area contributed by atoms with E-state index in [0.29, 0.717) is 12.0 Å². The van der Waals surface area contributed by atoms with Crippen LogP contribution in [0.15, 0.2) is 12.1 Å². The summed E-state index contributed by atoms with van der Waals surface area (Å²) in [5.41, 5.74) is -0.576. The highest BCUT2D eigenvalue weighted by Crippen LogP contribution is 2.32. The summed E-state index contributed by atoms with van der Waals surface area (Å²) in [6, 6.07) is 1.48. The number of sulfone groups is 1. The van der Waals surface area contributed by atoms with Crippen LogP contribution in [0.2, 0.25) is 0 Å². The smallest absolute Gasteiger partial charge is 0.180 e. The van der Waals surface area contributed by atoms with E-state index in [1.807, 2.05) is 0 Å². The average molecular weight is 318 g/mol. The van der Waals surface area contributed by atoms with Gasteiger partial charge in [0.2, 0.25) is 0 Å². The molecule has 0 unspecified atom stereocenters. The van der Waals surface area contributed by atoms with E-state index in [1.54, 1.807) is 0 Å². The van der Waals surface area contributed by atoms with Crippen molar-refractivity contribution in [3.63, 3.8) is 0 Å². The Balaban J connectivity index is 2.09. The topological polar surface area (TPSA) is 60.4 Å². The maximum atomic E-state index is 13.8. The number of rotatable bonds is 7. The minimum Gasteiger partial charge on any atom is -0.490 e. The average Bonchev–Trinajstić information content (AvgIpc) is 3.14. The minimum absolute atomic E-state index is 0.260. The molecule has 7 heteroatoms. The molecular weight excluding hydrogens is 302 g/mol. The van der Waals surface area contributed by atoms with Crippen molar-refractivity contribution >= 4 is 15.6 Å². The molecule has 1 aromatic carbocycles. The molecule has 0 radical (unpaired) electrons. The summed E-state index contributed by atoms with van der Waals surface area (Å²) in [6.07, 6.45) is 3.92. The van der Waals surface area contributed by atoms with E-state index in [0.717, 1.165) is 31.6 Å². The molecule has 1 aliphatic carbocycles. The van der Waals surface area contributed by atoms with Crippen molar-refractivity contribution < 1.29 is 26.7 Å². The maximum Gasteiger partial charge on any atom is 0.180 e. The van der Waals surface area contributed by atoms with Gasteiger partial charge in [0.25, 0.3) is 0 Å². The molecule has 0 bridgehead atoms. The predicted molar refractivity (Wildman–Crippen MR) is 73.2 cm³/mol. The molecular formula is C14H16F2O4S. The number of benzene rings is 1. The minimum atomic E-state index is -3.60. The van der Waals surface area contributed by atoms with Gasteiger partial charge in [0.1, 0.15) is 11.6 Å². The van der Waals surface area contributed by atoms with E-state index in [2.05, 4.69) is 0 Å². The van der Waals surface area contributed by atoms with Gasteiger partial charge in [-0.1, -0.05) is 12.8 Å². The highest BCUT2D eigenvalue weighted by Gasteiger charge is 2.22. The first-order valence-electron chi connectivity index (χ1n) is 6.59. The van der Waals surface area contributed by atoms with Crippen LogP contribution < -0.4 is 4.74 Å². The Labute approximate surface area is 122 Å². The number of hydrogen-bond acceptors (Lipinski definition) is 4. The quantitative estimate of drug-likeness (QED) is 0.724. The van der Waals surface area contributed by atoms with Gasteiger partial charge in [-0.05, 0) is 18.4 Å². The van der Waals surface area contributed by atoms with Gasteiger partial charge in [0.05, 0.1) is 12.2 Å². The third-order valence-electron chi connectivity index (χ3n) is 3.20. The summed E-state index contributed by atoms with van der Waals surface area (Å²) >= 11 is 0. The van der Waals surface area contributed by atoms with Crippen molar-refractivity contribution in [1.82, 2.24) is 0 Å². The van der Waals surface area contributed by atoms with Gasteiger partial charge >= 0.3 is 0 Å². The van der Waals surface area contributed by atoms with E-state index < -0.39 is 38.6 Å². The number of hydrogen-bond donors (Lipinski definition) is 0. The van der Waals surface area contributed by atoms with Crippen molar-refractivity contribution in [2.75, 3.05) is 18.6 Å². The molecule has 21 heavy (non-hydrogen) atoms. The number of carbonyl (C=O) groups is 1. The van der Waals surface area contributed by atoms with Crippen LogP contribution in [-0.2, 0) is 9.84 Å². The molecule has 0 aliphatic heterocycles. The first-order chi connectivity index (χ1) is 9.76. The number of carbonyl (C=O) groups excluding carboxylic acids is 1. The molecule has 0 N–H and O–H groups in total. The second-order valence-corrected chi connectivity index (χ2v) is 7.48. The van der Waals surface area contributed by atoms with Crippen LogP contribution >= 0.6 is 0 Å². The molecule has 0 aromatic heterocycles. The Morgan fingerprint density at radius 2 is 1.95 bits per heavy atom. The van der Waals surface area contributed by atoms with Crippen LogP contribution in [0.4, 0.5) is 8.78 Å². The lowest BCUT2D eigenvalue weighted by Crippen LogP contribution is -2.16. The Morgan fingerprint density at radius 3 is 2.52 bits per heavy atom. The van der Waals surface area contributed by atoms with E-state index in [4.69, 9.17) is 4.74 Å². The fourth-order valence-electron chi connectivity index (χ4n) is 1.91. The summed E-state index contributed by atoms with van der Waals surface area (Å²) in [7, 11) is -3.60. The van der Waals surface area contributed by atoms with Crippen LogP contribution in [0.25, 0.3) is 0 Å². The van der Waals surface area contributed by atoms with E-state index in [-0.39, 0.29) is 12.4 Å². The molecule has 1 saturated carbocycles. The van der Waals surface area contributed by atoms with E-state index >= 15 is 0 Å². The van der Waals surface area contributed by atoms with Gasteiger partial charge in [-0.25, -0.2) is 17.2 Å². The number of ketones is 1. The number of Topliss-reactive ketones (excluding diaryl/α,β-unsaturated/α-hetero) is 1. The van der Waals surface area contributed by atoms with Crippen LogP contribution in [0, 0.1) is 17.6 Å². The molecule has 4 nitrogen and oxygen atoms in total. The first kappa shape index (κ1) is 15.9. The second kappa shape index (κ2) is 6.09. The SMILES string of the molecule is CS(=O)(=O)CC(=O)c1cc(F)c(OCCC2CC2)cc1F. The third-order valence-corrected chi connectivity index (χ3v) is 3.98. The molecule has 1 fully saturated rings.